The smallest absolute Gasteiger partial charge is 0.356 e. The molecule has 0 bridgehead atoms. The fraction of sp³-hybridized carbons (Fsp3) is 0.500. The van der Waals surface area contributed by atoms with Crippen molar-refractivity contribution in [3.63, 3.8) is 0 Å². The van der Waals surface area contributed by atoms with Crippen molar-refractivity contribution in [3.8, 4) is 0 Å². The highest BCUT2D eigenvalue weighted by atomic mass is 35.5. The number of pyridine rings is 1. The van der Waals surface area contributed by atoms with Crippen LogP contribution in [0.5, 0.6) is 0 Å². The molecule has 1 aromatic heterocycles. The van der Waals surface area contributed by atoms with Crippen LogP contribution in [0.4, 0.5) is 0 Å². The number of esters is 1. The Morgan fingerprint density at radius 3 is 3.00 bits per heavy atom. The largest absolute Gasteiger partial charge is 0.461 e. The van der Waals surface area contributed by atoms with Crippen molar-refractivity contribution < 1.29 is 9.53 Å². The van der Waals surface area contributed by atoms with Gasteiger partial charge in [-0.1, -0.05) is 30.9 Å². The summed E-state index contributed by atoms with van der Waals surface area (Å²) in [6, 6.07) is 3.15. The van der Waals surface area contributed by atoms with E-state index in [1.54, 1.807) is 6.07 Å². The average molecular weight is 240 g/mol. The van der Waals surface area contributed by atoms with Crippen molar-refractivity contribution in [2.75, 3.05) is 6.61 Å². The first kappa shape index (κ1) is 11.4. The van der Waals surface area contributed by atoms with Gasteiger partial charge in [-0.25, -0.2) is 9.78 Å². The highest BCUT2D eigenvalue weighted by molar-refractivity contribution is 6.30. The fourth-order valence-corrected chi connectivity index (χ4v) is 1.85. The van der Waals surface area contributed by atoms with Gasteiger partial charge < -0.3 is 4.74 Å². The quantitative estimate of drug-likeness (QED) is 0.758. The summed E-state index contributed by atoms with van der Waals surface area (Å²) < 4.78 is 5.13. The van der Waals surface area contributed by atoms with Crippen molar-refractivity contribution in [3.05, 3.63) is 29.0 Å². The first-order valence-corrected chi connectivity index (χ1v) is 5.92. The summed E-state index contributed by atoms with van der Waals surface area (Å²) in [5.74, 6) is 0.363. The number of rotatable bonds is 4. The van der Waals surface area contributed by atoms with Gasteiger partial charge in [0.15, 0.2) is 0 Å². The molecule has 4 heteroatoms. The topological polar surface area (TPSA) is 39.2 Å². The number of hydrogen-bond acceptors (Lipinski definition) is 3. The van der Waals surface area contributed by atoms with Gasteiger partial charge in [0.05, 0.1) is 6.61 Å². The summed E-state index contributed by atoms with van der Waals surface area (Å²) in [5, 5.41) is 0.501. The van der Waals surface area contributed by atoms with E-state index in [1.807, 2.05) is 0 Å². The Kier molecular flexibility index (Phi) is 3.78. The maximum Gasteiger partial charge on any atom is 0.356 e. The second kappa shape index (κ2) is 5.30. The number of halogens is 1. The molecule has 1 aromatic rings. The second-order valence-corrected chi connectivity index (χ2v) is 4.52. The maximum atomic E-state index is 11.5. The monoisotopic (exact) mass is 239 g/mol. The predicted octanol–water partition coefficient (Wildman–Crippen LogP) is 3.08. The van der Waals surface area contributed by atoms with Gasteiger partial charge in [-0.3, -0.25) is 0 Å². The van der Waals surface area contributed by atoms with E-state index in [2.05, 4.69) is 4.98 Å². The normalized spacial score (nSPS) is 15.6. The summed E-state index contributed by atoms with van der Waals surface area (Å²) in [5.41, 5.74) is 0.279. The Hall–Kier alpha value is -1.09. The number of carbonyl (C=O) groups excluding carboxylic acids is 1. The van der Waals surface area contributed by atoms with E-state index >= 15 is 0 Å². The van der Waals surface area contributed by atoms with Gasteiger partial charge >= 0.3 is 5.97 Å². The number of ether oxygens (including phenoxy) is 1. The number of hydrogen-bond donors (Lipinski definition) is 0. The first-order valence-electron chi connectivity index (χ1n) is 5.54. The third-order valence-electron chi connectivity index (χ3n) is 2.92. The van der Waals surface area contributed by atoms with Gasteiger partial charge in [-0.05, 0) is 24.5 Å². The zero-order valence-corrected chi connectivity index (χ0v) is 9.74. The summed E-state index contributed by atoms with van der Waals surface area (Å²) in [7, 11) is 0. The lowest BCUT2D eigenvalue weighted by molar-refractivity contribution is 0.0457. The Labute approximate surface area is 99.8 Å². The molecule has 1 fully saturated rings. The molecule has 0 saturated heterocycles. The molecule has 0 atom stereocenters. The van der Waals surface area contributed by atoms with Crippen LogP contribution in [0.15, 0.2) is 18.3 Å². The van der Waals surface area contributed by atoms with Crippen LogP contribution in [-0.2, 0) is 4.74 Å². The Morgan fingerprint density at radius 2 is 2.38 bits per heavy atom. The van der Waals surface area contributed by atoms with Crippen molar-refractivity contribution in [1.29, 1.82) is 0 Å². The summed E-state index contributed by atoms with van der Waals surface area (Å²) >= 11 is 5.76. The molecule has 2 rings (SSSR count). The van der Waals surface area contributed by atoms with Crippen molar-refractivity contribution in [2.45, 2.75) is 25.7 Å². The van der Waals surface area contributed by atoms with E-state index in [0.717, 1.165) is 12.3 Å². The molecular formula is C12H14ClNO2. The van der Waals surface area contributed by atoms with Gasteiger partial charge in [-0.2, -0.15) is 0 Å². The van der Waals surface area contributed by atoms with E-state index in [1.165, 1.54) is 31.5 Å². The number of nitrogens with zero attached hydrogens (tertiary/aromatic N) is 1. The van der Waals surface area contributed by atoms with E-state index in [0.29, 0.717) is 11.6 Å². The maximum absolute atomic E-state index is 11.5. The average Bonchev–Trinajstić information content (AvgIpc) is 2.21. The van der Waals surface area contributed by atoms with Crippen LogP contribution in [-0.4, -0.2) is 17.6 Å². The highest BCUT2D eigenvalue weighted by Crippen LogP contribution is 2.29. The number of carbonyl (C=O) groups is 1. The lowest BCUT2D eigenvalue weighted by atomic mass is 9.83. The molecule has 0 aromatic carbocycles. The highest BCUT2D eigenvalue weighted by Gasteiger charge is 2.18. The molecule has 0 amide bonds. The molecule has 86 valence electrons. The van der Waals surface area contributed by atoms with Crippen molar-refractivity contribution in [1.82, 2.24) is 4.98 Å². The first-order chi connectivity index (χ1) is 7.75. The van der Waals surface area contributed by atoms with Gasteiger partial charge in [-0.15, -0.1) is 0 Å². The lowest BCUT2D eigenvalue weighted by Crippen LogP contribution is -2.16. The van der Waals surface area contributed by atoms with Crippen molar-refractivity contribution >= 4 is 17.6 Å². The standard InChI is InChI=1S/C12H14ClNO2/c13-10-4-6-14-11(8-10)12(15)16-7-5-9-2-1-3-9/h4,6,8-9H,1-3,5,7H2. The summed E-state index contributed by atoms with van der Waals surface area (Å²) in [6.07, 6.45) is 6.32. The molecule has 1 aliphatic carbocycles. The molecule has 1 saturated carbocycles. The minimum atomic E-state index is -0.387. The van der Waals surface area contributed by atoms with Crippen molar-refractivity contribution in [2.24, 2.45) is 5.92 Å². The van der Waals surface area contributed by atoms with Gasteiger partial charge in [0, 0.05) is 11.2 Å². The van der Waals surface area contributed by atoms with Gasteiger partial charge in [0.25, 0.3) is 0 Å². The fourth-order valence-electron chi connectivity index (χ4n) is 1.69. The van der Waals surface area contributed by atoms with E-state index in [-0.39, 0.29) is 11.7 Å². The van der Waals surface area contributed by atoms with Gasteiger partial charge in [0.2, 0.25) is 0 Å². The molecule has 16 heavy (non-hydrogen) atoms. The van der Waals surface area contributed by atoms with Crippen LogP contribution in [0, 0.1) is 5.92 Å². The molecular weight excluding hydrogens is 226 g/mol. The third-order valence-corrected chi connectivity index (χ3v) is 3.15. The Balaban J connectivity index is 1.78. The third kappa shape index (κ3) is 2.95. The second-order valence-electron chi connectivity index (χ2n) is 4.08. The van der Waals surface area contributed by atoms with E-state index in [9.17, 15) is 4.79 Å². The van der Waals surface area contributed by atoms with Crippen LogP contribution < -0.4 is 0 Å². The molecule has 0 unspecified atom stereocenters. The van der Waals surface area contributed by atoms with Crippen LogP contribution >= 0.6 is 11.6 Å². The van der Waals surface area contributed by atoms with Crippen LogP contribution in [0.25, 0.3) is 0 Å². The molecule has 0 aliphatic heterocycles. The Bertz CT molecular complexity index is 377. The van der Waals surface area contributed by atoms with E-state index < -0.39 is 0 Å². The minimum Gasteiger partial charge on any atom is -0.461 e. The molecule has 0 spiro atoms. The molecule has 1 aliphatic rings. The zero-order valence-electron chi connectivity index (χ0n) is 8.99. The minimum absolute atomic E-state index is 0.279. The van der Waals surface area contributed by atoms with E-state index in [4.69, 9.17) is 16.3 Å². The SMILES string of the molecule is O=C(OCCC1CCC1)c1cc(Cl)ccn1. The van der Waals surface area contributed by atoms with Crippen LogP contribution in [0.1, 0.15) is 36.2 Å². The zero-order chi connectivity index (χ0) is 11.4. The number of aromatic nitrogens is 1. The van der Waals surface area contributed by atoms with Gasteiger partial charge in [0.1, 0.15) is 5.69 Å². The Morgan fingerprint density at radius 1 is 1.56 bits per heavy atom. The summed E-state index contributed by atoms with van der Waals surface area (Å²) in [6.45, 7) is 0.484. The predicted molar refractivity (Wildman–Crippen MR) is 61.5 cm³/mol. The lowest BCUT2D eigenvalue weighted by Gasteiger charge is -2.24. The molecule has 1 heterocycles. The van der Waals surface area contributed by atoms with Crippen LogP contribution in [0.2, 0.25) is 5.02 Å². The molecule has 3 nitrogen and oxygen atoms in total. The molecule has 0 radical (unpaired) electrons. The summed E-state index contributed by atoms with van der Waals surface area (Å²) in [4.78, 5) is 15.5. The van der Waals surface area contributed by atoms with Crippen LogP contribution in [0.3, 0.4) is 0 Å². The molecule has 0 N–H and O–H groups in total.